The van der Waals surface area contributed by atoms with Crippen LogP contribution in [-0.2, 0) is 22.7 Å². The van der Waals surface area contributed by atoms with Crippen molar-refractivity contribution >= 4 is 148 Å². The fraction of sp³-hybridized carbons (Fsp3) is 0.513. The largest absolute Gasteiger partial charge is 0.491 e. The quantitative estimate of drug-likeness (QED) is 0.0158. The molecule has 7 aromatic heterocycles. The third kappa shape index (κ3) is 41.4. The zero-order chi connectivity index (χ0) is 81.3. The third-order valence-corrected chi connectivity index (χ3v) is 16.7. The fourth-order valence-corrected chi connectivity index (χ4v) is 11.2. The zero-order valence-corrected chi connectivity index (χ0v) is 73.8. The summed E-state index contributed by atoms with van der Waals surface area (Å²) in [6, 6.07) is 20.5. The van der Waals surface area contributed by atoms with Crippen molar-refractivity contribution < 1.29 is 58.7 Å². The van der Waals surface area contributed by atoms with Gasteiger partial charge in [0.25, 0.3) is 0 Å². The molecular weight excluding hydrogens is 1600 g/mol. The summed E-state index contributed by atoms with van der Waals surface area (Å²) in [5.41, 5.74) is 29.9. The molecule has 0 amide bonds. The van der Waals surface area contributed by atoms with Crippen LogP contribution in [0.2, 0.25) is 0 Å². The maximum Gasteiger partial charge on any atom is 0.222 e. The summed E-state index contributed by atoms with van der Waals surface area (Å²) in [6.45, 7) is 15.5. The highest BCUT2D eigenvalue weighted by Gasteiger charge is 2.20. The molecule has 117 heavy (non-hydrogen) atoms. The second kappa shape index (κ2) is 63.2. The summed E-state index contributed by atoms with van der Waals surface area (Å²) >= 11 is 0. The Morgan fingerprint density at radius 3 is 0.983 bits per heavy atom. The highest BCUT2D eigenvalue weighted by Crippen LogP contribution is 2.30. The van der Waals surface area contributed by atoms with Crippen LogP contribution in [0.5, 0.6) is 28.7 Å². The van der Waals surface area contributed by atoms with Crippen molar-refractivity contribution in [2.75, 3.05) is 136 Å². The van der Waals surface area contributed by atoms with E-state index >= 15 is 0 Å². The molecule has 0 saturated heterocycles. The van der Waals surface area contributed by atoms with Crippen LogP contribution in [0.3, 0.4) is 0 Å². The highest BCUT2D eigenvalue weighted by molar-refractivity contribution is 7.60. The first-order chi connectivity index (χ1) is 54.4. The van der Waals surface area contributed by atoms with Crippen molar-refractivity contribution in [3.05, 3.63) is 115 Å². The maximum atomic E-state index is 9.50. The minimum atomic E-state index is -0.115. The Hall–Kier alpha value is -8.87. The predicted molar refractivity (Wildman–Crippen MR) is 492 cm³/mol. The van der Waals surface area contributed by atoms with Gasteiger partial charge in [-0.15, -0.1) is 0 Å². The van der Waals surface area contributed by atoms with Crippen LogP contribution < -0.4 is 78.9 Å². The second-order valence-corrected chi connectivity index (χ2v) is 26.3. The van der Waals surface area contributed by atoms with Crippen LogP contribution in [0, 0.1) is 5.92 Å². The van der Waals surface area contributed by atoms with Gasteiger partial charge in [-0.25, -0.2) is 24.9 Å². The molecule has 0 radical (unpaired) electrons. The van der Waals surface area contributed by atoms with Crippen LogP contribution in [0.4, 0.5) is 58.8 Å². The minimum Gasteiger partial charge on any atom is -0.491 e. The van der Waals surface area contributed by atoms with E-state index in [4.69, 9.17) is 77.1 Å². The third-order valence-electron chi connectivity index (χ3n) is 16.7. The number of nitrogens with two attached hydrogens (primary N) is 5. The lowest BCUT2D eigenvalue weighted by atomic mass is 10.0. The Morgan fingerprint density at radius 1 is 0.350 bits per heavy atom. The lowest BCUT2D eigenvalue weighted by Gasteiger charge is -2.21. The van der Waals surface area contributed by atoms with Gasteiger partial charge in [0.05, 0.1) is 75.3 Å². The van der Waals surface area contributed by atoms with Gasteiger partial charge < -0.3 is 114 Å². The summed E-state index contributed by atoms with van der Waals surface area (Å²) in [5, 5.41) is 66.8. The Balaban J connectivity index is 0.00000143. The van der Waals surface area contributed by atoms with E-state index in [1.54, 1.807) is 39.9 Å². The number of benzene rings is 2. The Kier molecular flexibility index (Phi) is 58.4. The number of hydrogen-bond acceptors (Lipinski definition) is 34. The van der Waals surface area contributed by atoms with E-state index in [-0.39, 0.29) is 167 Å². The SMILES string of the molecule is CCCC[C@@H](CCO)Nc1nc(N)ncc1OCCOC.CCC[C@@H](CCO)Nc1nc(N)ncc1OCCOC.CCC[C@@H](CCO)Nc1nc(N)ncc1OCc1cc2ccccc2cn1.CCC[C@@H](CO)Nc1nc(N)ncc1OCc1cc2ccccc2cn1.COc1cnc(N)nc1N[C@H](CCO)CC(C)C.S.S.S.S.S. The van der Waals surface area contributed by atoms with E-state index in [1.165, 1.54) is 12.4 Å². The molecule has 34 nitrogen and oxygen atoms in total. The first-order valence-electron chi connectivity index (χ1n) is 38.1. The maximum absolute atomic E-state index is 9.50. The van der Waals surface area contributed by atoms with Crippen LogP contribution in [0.15, 0.2) is 104 Å². The molecule has 20 N–H and O–H groups in total. The van der Waals surface area contributed by atoms with E-state index in [9.17, 15) is 10.2 Å². The summed E-state index contributed by atoms with van der Waals surface area (Å²) in [4.78, 5) is 49.6. The van der Waals surface area contributed by atoms with E-state index in [1.807, 2.05) is 73.1 Å². The number of methoxy groups -OCH3 is 3. The van der Waals surface area contributed by atoms with Crippen molar-refractivity contribution in [3.63, 3.8) is 0 Å². The number of ether oxygens (including phenoxy) is 7. The molecule has 0 aliphatic heterocycles. The summed E-state index contributed by atoms with van der Waals surface area (Å²) in [7, 11) is 4.79. The van der Waals surface area contributed by atoms with E-state index in [0.29, 0.717) is 122 Å². The average molecular weight is 1730 g/mol. The number of aliphatic hydroxyl groups excluding tert-OH is 5. The molecule has 7 heterocycles. The molecule has 0 spiro atoms. The first-order valence-corrected chi connectivity index (χ1v) is 38.1. The standard InChI is InChI=1S/C20H25N5O2.C19H23N5O2.C14H26N4O3.C13H24N4O3.C12H22N4O2.5H2S/c1-2-5-16(8-9-26)24-19-18(12-23-20(21)25-19)27-13-17-10-14-6-3-4-7-15(14)11-22-17;1-2-5-15(11-25)23-18-17(10-22-19(20)24-18)26-12-16-8-13-6-3-4-7-14(13)9-21-16;1-3-4-5-11(6-7-19)17-13-12(21-9-8-20-2)10-16-14(15)18-13;1-3-4-10(5-6-18)16-12-11(20-8-7-19-2)9-15-13(14)17-12;1-8(2)6-9(4-5-17)15-11-10(18-3)7-14-12(13)16-11;;;;;/h3-4,6-7,10-12,16,26H,2,5,8-9,13H2,1H3,(H3,21,23,24,25);3-4,6-10,15,25H,2,5,11-12H2,1H3,(H3,20,22,23,24);10-11,19H,3-9H2,1-2H3,(H3,15,16,17,18);9-10,18H,3-8H2,1-2H3,(H3,14,15,16,17);7-9,17H,4-6H2,1-3H3,(H3,13,14,15,16);5*1H2/t16-;15-;11-;10-;9-;;;;;/m00001...../s1. The summed E-state index contributed by atoms with van der Waals surface area (Å²) < 4.78 is 38.0. The first kappa shape index (κ1) is 108. The van der Waals surface area contributed by atoms with E-state index in [0.717, 1.165) is 97.1 Å². The molecule has 0 fully saturated rings. The fourth-order valence-electron chi connectivity index (χ4n) is 11.2. The van der Waals surface area contributed by atoms with Gasteiger partial charge in [-0.05, 0) is 86.6 Å². The number of nitrogens with one attached hydrogen (secondary N) is 5. The summed E-state index contributed by atoms with van der Waals surface area (Å²) in [5.74, 6) is 6.75. The van der Waals surface area contributed by atoms with Gasteiger partial charge in [-0.3, -0.25) is 9.97 Å². The number of fused-ring (bicyclic) bond motifs is 2. The van der Waals surface area contributed by atoms with Crippen molar-refractivity contribution in [2.24, 2.45) is 5.92 Å². The molecular formula is C78H130N22O12S5. The molecule has 654 valence electrons. The van der Waals surface area contributed by atoms with Crippen molar-refractivity contribution in [1.82, 2.24) is 59.8 Å². The topological polar surface area (TPSA) is 511 Å². The molecule has 9 rings (SSSR count). The number of anilines is 10. The number of aliphatic hydroxyl groups is 5. The number of hydrogen-bond donors (Lipinski definition) is 15. The van der Waals surface area contributed by atoms with Crippen LogP contribution >= 0.6 is 67.5 Å². The molecule has 0 aliphatic carbocycles. The Labute approximate surface area is 723 Å². The molecule has 39 heteroatoms. The number of rotatable bonds is 45. The molecule has 2 aromatic carbocycles. The Bertz CT molecular complexity index is 4090. The number of unbranched alkanes of at least 4 members (excludes halogenated alkanes) is 1. The molecule has 0 bridgehead atoms. The lowest BCUT2D eigenvalue weighted by Crippen LogP contribution is -2.24. The molecule has 5 atom stereocenters. The van der Waals surface area contributed by atoms with Gasteiger partial charge in [0.15, 0.2) is 57.8 Å². The molecule has 0 saturated carbocycles. The second-order valence-electron chi connectivity index (χ2n) is 26.3. The van der Waals surface area contributed by atoms with Gasteiger partial charge in [0.2, 0.25) is 29.7 Å². The smallest absolute Gasteiger partial charge is 0.222 e. The van der Waals surface area contributed by atoms with E-state index in [2.05, 4.69) is 128 Å². The van der Waals surface area contributed by atoms with Gasteiger partial charge in [-0.2, -0.15) is 92.4 Å². The monoisotopic (exact) mass is 1730 g/mol. The molecule has 0 aliphatic rings. The van der Waals surface area contributed by atoms with Gasteiger partial charge in [0.1, 0.15) is 26.4 Å². The molecule has 9 aromatic rings. The predicted octanol–water partition coefficient (Wildman–Crippen LogP) is 10.2. The Morgan fingerprint density at radius 2 is 0.658 bits per heavy atom. The van der Waals surface area contributed by atoms with Crippen molar-refractivity contribution in [1.29, 1.82) is 0 Å². The number of nitrogens with zero attached hydrogens (tertiary/aromatic N) is 12. The van der Waals surface area contributed by atoms with Crippen LogP contribution in [-0.4, -0.2) is 196 Å². The van der Waals surface area contributed by atoms with Crippen molar-refractivity contribution in [2.45, 2.75) is 175 Å². The van der Waals surface area contributed by atoms with E-state index < -0.39 is 0 Å². The lowest BCUT2D eigenvalue weighted by molar-refractivity contribution is 0.146. The normalized spacial score (nSPS) is 11.6. The molecule has 0 unspecified atom stereocenters. The number of aromatic nitrogens is 12. The average Bonchev–Trinajstić information content (AvgIpc) is 0.828. The summed E-state index contributed by atoms with van der Waals surface area (Å²) in [6.07, 6.45) is 23.7. The van der Waals surface area contributed by atoms with Crippen LogP contribution in [0.25, 0.3) is 21.5 Å². The minimum absolute atomic E-state index is 0. The number of nitrogen functional groups attached to an aromatic ring is 5. The number of pyridine rings is 2. The van der Waals surface area contributed by atoms with Gasteiger partial charge in [0, 0.05) is 88.0 Å². The van der Waals surface area contributed by atoms with Crippen LogP contribution in [0.1, 0.15) is 143 Å². The van der Waals surface area contributed by atoms with Gasteiger partial charge >= 0.3 is 0 Å². The zero-order valence-electron chi connectivity index (χ0n) is 68.8. The van der Waals surface area contributed by atoms with Crippen molar-refractivity contribution in [3.8, 4) is 28.7 Å². The van der Waals surface area contributed by atoms with Gasteiger partial charge in [-0.1, -0.05) is 122 Å². The highest BCUT2D eigenvalue weighted by atomic mass is 32.1.